The quantitative estimate of drug-likeness (QED) is 0.259. The monoisotopic (exact) mass is 536 g/mol. The molecule has 0 aliphatic carbocycles. The Kier molecular flexibility index (Phi) is 7.17. The second-order valence-electron chi connectivity index (χ2n) is 9.37. The van der Waals surface area contributed by atoms with E-state index >= 15 is 0 Å². The Morgan fingerprint density at radius 2 is 0.703 bits per heavy atom. The van der Waals surface area contributed by atoms with Crippen LogP contribution in [0.4, 0.5) is 0 Å². The molecule has 4 aromatic rings. The molecule has 0 aliphatic rings. The Morgan fingerprint density at radius 1 is 0.459 bits per heavy atom. The molecule has 4 rings (SSSR count). The van der Waals surface area contributed by atoms with E-state index in [-0.39, 0.29) is 15.2 Å². The second-order valence-corrected chi connectivity index (χ2v) is 13.4. The van der Waals surface area contributed by atoms with Gasteiger partial charge >= 0.3 is 0 Å². The molecule has 0 saturated heterocycles. The maximum atomic E-state index is 11.6. The molecule has 0 fully saturated rings. The van der Waals surface area contributed by atoms with Crippen molar-refractivity contribution in [3.05, 3.63) is 108 Å². The molecule has 0 radical (unpaired) electrons. The molecular weight excluding hydrogens is 508 g/mol. The Labute approximate surface area is 218 Å². The van der Waals surface area contributed by atoms with Gasteiger partial charge in [0.05, 0.1) is 9.79 Å². The average molecular weight is 537 g/mol. The first-order chi connectivity index (χ1) is 17.3. The van der Waals surface area contributed by atoms with Crippen LogP contribution in [0, 0.1) is 0 Å². The van der Waals surface area contributed by atoms with Gasteiger partial charge in [0.25, 0.3) is 0 Å². The van der Waals surface area contributed by atoms with Crippen molar-refractivity contribution in [3.8, 4) is 23.0 Å². The van der Waals surface area contributed by atoms with Gasteiger partial charge in [-0.1, -0.05) is 38.1 Å². The fraction of sp³-hybridized carbons (Fsp3) is 0.172. The van der Waals surface area contributed by atoms with Crippen molar-refractivity contribution >= 4 is 19.7 Å². The first kappa shape index (κ1) is 26.4. The van der Waals surface area contributed by atoms with Gasteiger partial charge in [0.2, 0.25) is 0 Å². The lowest BCUT2D eigenvalue weighted by atomic mass is 9.78. The molecular formula is C29H28O6S2. The smallest absolute Gasteiger partial charge is 0.175 e. The van der Waals surface area contributed by atoms with Crippen LogP contribution < -0.4 is 9.47 Å². The lowest BCUT2D eigenvalue weighted by Gasteiger charge is -2.26. The first-order valence-corrected chi connectivity index (χ1v) is 15.3. The highest BCUT2D eigenvalue weighted by Crippen LogP contribution is 2.35. The zero-order valence-corrected chi connectivity index (χ0v) is 22.6. The van der Waals surface area contributed by atoms with Crippen molar-refractivity contribution in [2.24, 2.45) is 0 Å². The summed E-state index contributed by atoms with van der Waals surface area (Å²) in [5, 5.41) is 0. The normalized spacial score (nSPS) is 12.2. The molecule has 0 bridgehead atoms. The molecule has 192 valence electrons. The molecule has 37 heavy (non-hydrogen) atoms. The van der Waals surface area contributed by atoms with Gasteiger partial charge in [-0.05, 0) is 83.9 Å². The van der Waals surface area contributed by atoms with Gasteiger partial charge in [-0.2, -0.15) is 0 Å². The summed E-state index contributed by atoms with van der Waals surface area (Å²) in [5.41, 5.74) is 1.90. The number of ether oxygens (including phenoxy) is 2. The fourth-order valence-electron chi connectivity index (χ4n) is 3.83. The van der Waals surface area contributed by atoms with E-state index in [0.717, 1.165) is 11.1 Å². The fourth-order valence-corrected chi connectivity index (χ4v) is 5.09. The van der Waals surface area contributed by atoms with Gasteiger partial charge in [-0.25, -0.2) is 16.8 Å². The summed E-state index contributed by atoms with van der Waals surface area (Å²) in [6.45, 7) is 4.26. The number of hydrogen-bond donors (Lipinski definition) is 0. The van der Waals surface area contributed by atoms with Crippen molar-refractivity contribution in [1.82, 2.24) is 0 Å². The van der Waals surface area contributed by atoms with Crippen LogP contribution in [0.2, 0.25) is 0 Å². The van der Waals surface area contributed by atoms with Crippen molar-refractivity contribution in [3.63, 3.8) is 0 Å². The van der Waals surface area contributed by atoms with Crippen LogP contribution in [0.25, 0.3) is 0 Å². The summed E-state index contributed by atoms with van der Waals surface area (Å²) in [4.78, 5) is 0.497. The summed E-state index contributed by atoms with van der Waals surface area (Å²) in [5.74, 6) is 2.41. The maximum absolute atomic E-state index is 11.6. The molecule has 0 spiro atoms. The number of sulfone groups is 2. The minimum Gasteiger partial charge on any atom is -0.457 e. The molecule has 0 unspecified atom stereocenters. The molecule has 0 aliphatic heterocycles. The summed E-state index contributed by atoms with van der Waals surface area (Å²) in [6, 6.07) is 28.2. The predicted octanol–water partition coefficient (Wildman–Crippen LogP) is 6.40. The molecule has 8 heteroatoms. The standard InChI is InChI=1S/C29H28O6S2/c1-29(2,21-5-9-23(10-6-21)34-25-13-17-27(18-14-25)36(3,30)31)22-7-11-24(12-8-22)35-26-15-19-28(20-16-26)37(4,32)33/h5-20H,1-4H3. The van der Waals surface area contributed by atoms with Crippen molar-refractivity contribution in [1.29, 1.82) is 0 Å². The third-order valence-corrected chi connectivity index (χ3v) is 8.38. The highest BCUT2D eigenvalue weighted by Gasteiger charge is 2.23. The first-order valence-electron chi connectivity index (χ1n) is 11.5. The highest BCUT2D eigenvalue weighted by atomic mass is 32.2. The van der Waals surface area contributed by atoms with E-state index in [1.807, 2.05) is 48.5 Å². The van der Waals surface area contributed by atoms with E-state index in [4.69, 9.17) is 9.47 Å². The number of benzene rings is 4. The SMILES string of the molecule is CC(C)(c1ccc(Oc2ccc(S(C)(=O)=O)cc2)cc1)c1ccc(Oc2ccc(S(C)(=O)=O)cc2)cc1. The summed E-state index contributed by atoms with van der Waals surface area (Å²) >= 11 is 0. The van der Waals surface area contributed by atoms with Crippen LogP contribution in [0.15, 0.2) is 107 Å². The van der Waals surface area contributed by atoms with Crippen LogP contribution in [-0.4, -0.2) is 29.3 Å². The molecule has 0 aromatic heterocycles. The summed E-state index contributed by atoms with van der Waals surface area (Å²) in [7, 11) is -6.50. The molecule has 0 heterocycles. The third-order valence-electron chi connectivity index (χ3n) is 6.13. The predicted molar refractivity (Wildman–Crippen MR) is 144 cm³/mol. The highest BCUT2D eigenvalue weighted by molar-refractivity contribution is 7.91. The van der Waals surface area contributed by atoms with Crippen LogP contribution in [0.3, 0.4) is 0 Å². The summed E-state index contributed by atoms with van der Waals surface area (Å²) < 4.78 is 58.3. The Balaban J connectivity index is 1.44. The lowest BCUT2D eigenvalue weighted by molar-refractivity contribution is 0.480. The van der Waals surface area contributed by atoms with E-state index in [0.29, 0.717) is 23.0 Å². The van der Waals surface area contributed by atoms with E-state index in [1.54, 1.807) is 24.3 Å². The zero-order chi connectivity index (χ0) is 26.8. The lowest BCUT2D eigenvalue weighted by Crippen LogP contribution is -2.18. The van der Waals surface area contributed by atoms with Gasteiger partial charge in [-0.3, -0.25) is 0 Å². The third kappa shape index (κ3) is 6.39. The van der Waals surface area contributed by atoms with E-state index in [1.165, 1.54) is 36.8 Å². The Hall–Kier alpha value is -3.62. The number of hydrogen-bond acceptors (Lipinski definition) is 6. The van der Waals surface area contributed by atoms with Crippen LogP contribution in [0.5, 0.6) is 23.0 Å². The van der Waals surface area contributed by atoms with Gasteiger partial charge in [0.1, 0.15) is 23.0 Å². The van der Waals surface area contributed by atoms with E-state index in [2.05, 4.69) is 13.8 Å². The molecule has 0 atom stereocenters. The molecule has 0 N–H and O–H groups in total. The van der Waals surface area contributed by atoms with Crippen molar-refractivity contribution in [2.75, 3.05) is 12.5 Å². The molecule has 4 aromatic carbocycles. The zero-order valence-electron chi connectivity index (χ0n) is 21.0. The van der Waals surface area contributed by atoms with Crippen LogP contribution in [0.1, 0.15) is 25.0 Å². The molecule has 6 nitrogen and oxygen atoms in total. The Morgan fingerprint density at radius 3 is 0.946 bits per heavy atom. The van der Waals surface area contributed by atoms with E-state index in [9.17, 15) is 16.8 Å². The van der Waals surface area contributed by atoms with Crippen LogP contribution >= 0.6 is 0 Å². The Bertz CT molecular complexity index is 1460. The molecule has 0 saturated carbocycles. The summed E-state index contributed by atoms with van der Waals surface area (Å²) in [6.07, 6.45) is 2.34. The van der Waals surface area contributed by atoms with Gasteiger partial charge in [-0.15, -0.1) is 0 Å². The average Bonchev–Trinajstić information content (AvgIpc) is 2.84. The van der Waals surface area contributed by atoms with Crippen molar-refractivity contribution in [2.45, 2.75) is 29.1 Å². The minimum absolute atomic E-state index is 0.248. The van der Waals surface area contributed by atoms with Gasteiger partial charge in [0.15, 0.2) is 19.7 Å². The largest absolute Gasteiger partial charge is 0.457 e. The minimum atomic E-state index is -3.25. The molecule has 0 amide bonds. The number of rotatable bonds is 8. The van der Waals surface area contributed by atoms with Crippen molar-refractivity contribution < 1.29 is 26.3 Å². The maximum Gasteiger partial charge on any atom is 0.175 e. The van der Waals surface area contributed by atoms with Crippen LogP contribution in [-0.2, 0) is 25.1 Å². The topological polar surface area (TPSA) is 86.7 Å². The van der Waals surface area contributed by atoms with Gasteiger partial charge < -0.3 is 9.47 Å². The van der Waals surface area contributed by atoms with E-state index < -0.39 is 19.7 Å². The van der Waals surface area contributed by atoms with Gasteiger partial charge in [0, 0.05) is 17.9 Å². The second kappa shape index (κ2) is 10.0.